The molecule has 0 aromatic heterocycles. The van der Waals surface area contributed by atoms with Crippen molar-refractivity contribution in [3.8, 4) is 5.75 Å². The summed E-state index contributed by atoms with van der Waals surface area (Å²) in [5.41, 5.74) is 3.14. The Morgan fingerprint density at radius 2 is 1.77 bits per heavy atom. The van der Waals surface area contributed by atoms with Gasteiger partial charge in [-0.05, 0) is 49.0 Å². The van der Waals surface area contributed by atoms with Gasteiger partial charge < -0.3 is 10.1 Å². The minimum absolute atomic E-state index is 0.104. The number of thioether (sulfide) groups is 1. The minimum atomic E-state index is -0.309. The normalized spacial score (nSPS) is 16.1. The molecule has 3 aromatic carbocycles. The summed E-state index contributed by atoms with van der Waals surface area (Å²) >= 11 is 1.27. The van der Waals surface area contributed by atoms with E-state index in [-0.39, 0.29) is 18.3 Å². The Balaban J connectivity index is 1.52. The molecule has 30 heavy (non-hydrogen) atoms. The Labute approximate surface area is 178 Å². The molecule has 0 saturated carbocycles. The highest BCUT2D eigenvalue weighted by atomic mass is 32.2. The van der Waals surface area contributed by atoms with Crippen LogP contribution in [0.2, 0.25) is 0 Å². The molecule has 4 nitrogen and oxygen atoms in total. The largest absolute Gasteiger partial charge is 0.488 e. The van der Waals surface area contributed by atoms with Gasteiger partial charge in [0.25, 0.3) is 5.91 Å². The fourth-order valence-corrected chi connectivity index (χ4v) is 3.69. The van der Waals surface area contributed by atoms with Crippen LogP contribution in [0.25, 0.3) is 6.08 Å². The molecule has 1 aliphatic rings. The fourth-order valence-electron chi connectivity index (χ4n) is 2.86. The van der Waals surface area contributed by atoms with Crippen molar-refractivity contribution < 1.29 is 13.9 Å². The van der Waals surface area contributed by atoms with Gasteiger partial charge in [-0.15, -0.1) is 0 Å². The van der Waals surface area contributed by atoms with E-state index in [0.29, 0.717) is 21.4 Å². The summed E-state index contributed by atoms with van der Waals surface area (Å²) in [5, 5.41) is 3.32. The van der Waals surface area contributed by atoms with Gasteiger partial charge in [0.1, 0.15) is 18.2 Å². The van der Waals surface area contributed by atoms with E-state index < -0.39 is 0 Å². The standard InChI is InChI=1S/C24H19FN2O2S/c1-16-10-12-19(13-11-16)26-24-27-23(28)22(30-24)14-17-6-3-5-9-21(17)29-15-18-7-2-4-8-20(18)25/h2-14H,15H2,1H3,(H,26,27,28)/b22-14+. The number of halogens is 1. The highest BCUT2D eigenvalue weighted by Gasteiger charge is 2.24. The number of nitrogens with zero attached hydrogens (tertiary/aromatic N) is 1. The van der Waals surface area contributed by atoms with Crippen LogP contribution in [-0.4, -0.2) is 11.1 Å². The minimum Gasteiger partial charge on any atom is -0.488 e. The van der Waals surface area contributed by atoms with E-state index in [1.54, 1.807) is 30.3 Å². The smallest absolute Gasteiger partial charge is 0.264 e. The first kappa shape index (κ1) is 19.9. The summed E-state index contributed by atoms with van der Waals surface area (Å²) < 4.78 is 19.7. The molecule has 0 aliphatic carbocycles. The Morgan fingerprint density at radius 3 is 2.57 bits per heavy atom. The number of benzene rings is 3. The average molecular weight is 418 g/mol. The molecule has 0 bridgehead atoms. The van der Waals surface area contributed by atoms with Gasteiger partial charge in [-0.25, -0.2) is 9.38 Å². The maximum absolute atomic E-state index is 13.9. The molecule has 0 spiro atoms. The third-order valence-electron chi connectivity index (χ3n) is 4.46. The fraction of sp³-hybridized carbons (Fsp3) is 0.0833. The van der Waals surface area contributed by atoms with E-state index in [2.05, 4.69) is 10.3 Å². The zero-order valence-corrected chi connectivity index (χ0v) is 17.1. The molecule has 1 heterocycles. The molecule has 0 radical (unpaired) electrons. The summed E-state index contributed by atoms with van der Waals surface area (Å²) in [6.07, 6.45) is 1.76. The van der Waals surface area contributed by atoms with Crippen molar-refractivity contribution in [3.05, 3.63) is 100 Å². The number of ether oxygens (including phenoxy) is 1. The number of rotatable bonds is 5. The Hall–Kier alpha value is -3.38. The van der Waals surface area contributed by atoms with Gasteiger partial charge >= 0.3 is 0 Å². The second-order valence-corrected chi connectivity index (χ2v) is 7.77. The molecular formula is C24H19FN2O2S. The third-order valence-corrected chi connectivity index (χ3v) is 5.37. The lowest BCUT2D eigenvalue weighted by atomic mass is 10.1. The van der Waals surface area contributed by atoms with Gasteiger partial charge in [0.05, 0.1) is 10.6 Å². The van der Waals surface area contributed by atoms with Crippen LogP contribution in [-0.2, 0) is 11.4 Å². The van der Waals surface area contributed by atoms with E-state index in [4.69, 9.17) is 4.74 Å². The van der Waals surface area contributed by atoms with Crippen LogP contribution in [0.5, 0.6) is 5.75 Å². The molecule has 1 N–H and O–H groups in total. The zero-order chi connectivity index (χ0) is 20.9. The molecule has 1 fully saturated rings. The Bertz CT molecular complexity index is 1140. The van der Waals surface area contributed by atoms with Gasteiger partial charge in [0, 0.05) is 11.1 Å². The van der Waals surface area contributed by atoms with Crippen molar-refractivity contribution in [2.45, 2.75) is 13.5 Å². The number of para-hydroxylation sites is 1. The molecular weight excluding hydrogens is 399 g/mol. The second-order valence-electron chi connectivity index (χ2n) is 6.74. The van der Waals surface area contributed by atoms with Gasteiger partial charge in [-0.1, -0.05) is 54.1 Å². The zero-order valence-electron chi connectivity index (χ0n) is 16.3. The molecule has 1 aliphatic heterocycles. The molecule has 150 valence electrons. The number of hydrogen-bond donors (Lipinski definition) is 1. The van der Waals surface area contributed by atoms with Gasteiger partial charge in [-0.2, -0.15) is 0 Å². The van der Waals surface area contributed by atoms with Crippen LogP contribution in [0, 0.1) is 12.7 Å². The van der Waals surface area contributed by atoms with Crippen molar-refractivity contribution in [2.24, 2.45) is 4.99 Å². The lowest BCUT2D eigenvalue weighted by Gasteiger charge is -2.10. The van der Waals surface area contributed by atoms with Gasteiger partial charge in [0.15, 0.2) is 5.17 Å². The molecule has 1 amide bonds. The van der Waals surface area contributed by atoms with Crippen LogP contribution < -0.4 is 10.1 Å². The second kappa shape index (κ2) is 8.97. The van der Waals surface area contributed by atoms with Crippen LogP contribution in [0.15, 0.2) is 82.7 Å². The maximum atomic E-state index is 13.9. The molecule has 6 heteroatoms. The van der Waals surface area contributed by atoms with E-state index >= 15 is 0 Å². The number of hydrogen-bond acceptors (Lipinski definition) is 4. The molecule has 0 atom stereocenters. The van der Waals surface area contributed by atoms with Crippen molar-refractivity contribution in [1.29, 1.82) is 0 Å². The highest BCUT2D eigenvalue weighted by molar-refractivity contribution is 8.18. The summed E-state index contributed by atoms with van der Waals surface area (Å²) in [5.74, 6) is 0.0522. The van der Waals surface area contributed by atoms with E-state index in [1.807, 2.05) is 49.4 Å². The number of amidine groups is 1. The predicted octanol–water partition coefficient (Wildman–Crippen LogP) is 5.60. The van der Waals surface area contributed by atoms with Crippen LogP contribution >= 0.6 is 11.8 Å². The molecule has 4 rings (SSSR count). The van der Waals surface area contributed by atoms with Gasteiger partial charge in [-0.3, -0.25) is 4.79 Å². The summed E-state index contributed by atoms with van der Waals surface area (Å²) in [6.45, 7) is 2.11. The van der Waals surface area contributed by atoms with E-state index in [1.165, 1.54) is 17.8 Å². The Kier molecular flexibility index (Phi) is 5.95. The van der Waals surface area contributed by atoms with E-state index in [0.717, 1.165) is 16.8 Å². The number of aliphatic imine (C=N–C) groups is 1. The number of aryl methyl sites for hydroxylation is 1. The van der Waals surface area contributed by atoms with Crippen molar-refractivity contribution in [2.75, 3.05) is 0 Å². The van der Waals surface area contributed by atoms with Crippen LogP contribution in [0.3, 0.4) is 0 Å². The number of nitrogens with one attached hydrogen (secondary N) is 1. The van der Waals surface area contributed by atoms with Crippen LogP contribution in [0.4, 0.5) is 10.1 Å². The van der Waals surface area contributed by atoms with E-state index in [9.17, 15) is 9.18 Å². The monoisotopic (exact) mass is 418 g/mol. The van der Waals surface area contributed by atoms with Crippen LogP contribution in [0.1, 0.15) is 16.7 Å². The first-order chi connectivity index (χ1) is 14.6. The number of carbonyl (C=O) groups excluding carboxylic acids is 1. The summed E-state index contributed by atoms with van der Waals surface area (Å²) in [6, 6.07) is 21.6. The highest BCUT2D eigenvalue weighted by Crippen LogP contribution is 2.31. The molecule has 3 aromatic rings. The Morgan fingerprint density at radius 1 is 1.03 bits per heavy atom. The average Bonchev–Trinajstić information content (AvgIpc) is 3.09. The quantitative estimate of drug-likeness (QED) is 0.549. The first-order valence-electron chi connectivity index (χ1n) is 9.40. The maximum Gasteiger partial charge on any atom is 0.264 e. The number of carbonyl (C=O) groups is 1. The summed E-state index contributed by atoms with van der Waals surface area (Å²) in [4.78, 5) is 17.4. The predicted molar refractivity (Wildman–Crippen MR) is 119 cm³/mol. The number of amides is 1. The van der Waals surface area contributed by atoms with Crippen molar-refractivity contribution in [3.63, 3.8) is 0 Å². The lowest BCUT2D eigenvalue weighted by Crippen LogP contribution is -2.19. The SMILES string of the molecule is Cc1ccc(N=C2NC(=O)/C(=C\c3ccccc3OCc3ccccc3F)S2)cc1. The topological polar surface area (TPSA) is 50.7 Å². The summed E-state index contributed by atoms with van der Waals surface area (Å²) in [7, 11) is 0. The molecule has 1 saturated heterocycles. The van der Waals surface area contributed by atoms with Crippen molar-refractivity contribution >= 4 is 34.6 Å². The first-order valence-corrected chi connectivity index (χ1v) is 10.2. The molecule has 0 unspecified atom stereocenters. The van der Waals surface area contributed by atoms with Crippen molar-refractivity contribution in [1.82, 2.24) is 5.32 Å². The lowest BCUT2D eigenvalue weighted by molar-refractivity contribution is -0.115. The van der Waals surface area contributed by atoms with Gasteiger partial charge in [0.2, 0.25) is 0 Å². The third kappa shape index (κ3) is 4.78.